The Hall–Kier alpha value is -2.23. The summed E-state index contributed by atoms with van der Waals surface area (Å²) in [5.41, 5.74) is -0.150. The fourth-order valence-electron chi connectivity index (χ4n) is 3.56. The van der Waals surface area contributed by atoms with E-state index < -0.39 is 35.5 Å². The summed E-state index contributed by atoms with van der Waals surface area (Å²) in [5, 5.41) is 0.409. The van der Waals surface area contributed by atoms with Crippen molar-refractivity contribution >= 4 is 43.5 Å². The third-order valence-electron chi connectivity index (χ3n) is 4.90. The molecule has 0 radical (unpaired) electrons. The summed E-state index contributed by atoms with van der Waals surface area (Å²) in [4.78, 5) is 39.8. The Bertz CT molecular complexity index is 1270. The first-order valence-corrected chi connectivity index (χ1v) is 12.3. The van der Waals surface area contributed by atoms with Gasteiger partial charge < -0.3 is 9.47 Å². The number of carbonyl (C=O) groups excluding carboxylic acids is 1. The van der Waals surface area contributed by atoms with Crippen LogP contribution in [0, 0.1) is 6.92 Å². The van der Waals surface area contributed by atoms with Gasteiger partial charge in [0.1, 0.15) is 23.1 Å². The van der Waals surface area contributed by atoms with Gasteiger partial charge in [0.2, 0.25) is 0 Å². The number of rotatable bonds is 7. The lowest BCUT2D eigenvalue weighted by molar-refractivity contribution is -0.155. The Morgan fingerprint density at radius 3 is 2.33 bits per heavy atom. The van der Waals surface area contributed by atoms with Gasteiger partial charge >= 0.3 is 11.7 Å². The lowest BCUT2D eigenvalue weighted by Crippen LogP contribution is -2.43. The number of nitrogens with zero attached hydrogens (tertiary/aromatic N) is 2. The van der Waals surface area contributed by atoms with Gasteiger partial charge in [0, 0.05) is 0 Å². The summed E-state index contributed by atoms with van der Waals surface area (Å²) >= 11 is 4.82. The van der Waals surface area contributed by atoms with Crippen molar-refractivity contribution in [1.82, 2.24) is 9.13 Å². The van der Waals surface area contributed by atoms with Gasteiger partial charge in [-0.15, -0.1) is 11.3 Å². The second kappa shape index (κ2) is 9.95. The van der Waals surface area contributed by atoms with Crippen LogP contribution in [0.15, 0.2) is 43.7 Å². The highest BCUT2D eigenvalue weighted by atomic mass is 79.9. The standard InChI is InChI=1S/C24H29BrN2O5S/c1-14(2)31-17(16-10-8-7-9-11-16)12-27-22-19(15(3)20(25)33-22)21(29)26(23(27)30)13-18(28)32-24(4,5)6/h7-11,14,17H,12-13H2,1-6H3. The van der Waals surface area contributed by atoms with Crippen molar-refractivity contribution < 1.29 is 14.3 Å². The first-order chi connectivity index (χ1) is 15.4. The molecule has 1 atom stereocenters. The van der Waals surface area contributed by atoms with E-state index in [2.05, 4.69) is 15.9 Å². The average Bonchev–Trinajstić information content (AvgIpc) is 3.01. The van der Waals surface area contributed by atoms with Crippen LogP contribution >= 0.6 is 27.3 Å². The van der Waals surface area contributed by atoms with Crippen LogP contribution in [0.5, 0.6) is 0 Å². The lowest BCUT2D eigenvalue weighted by atomic mass is 10.1. The maximum Gasteiger partial charge on any atom is 0.332 e. The molecule has 1 aromatic carbocycles. The second-order valence-electron chi connectivity index (χ2n) is 9.14. The summed E-state index contributed by atoms with van der Waals surface area (Å²) in [6.07, 6.45) is -0.494. The van der Waals surface area contributed by atoms with Crippen molar-refractivity contribution in [1.29, 1.82) is 0 Å². The van der Waals surface area contributed by atoms with Gasteiger partial charge in [0.05, 0.1) is 21.8 Å². The summed E-state index contributed by atoms with van der Waals surface area (Å²) in [6, 6.07) is 9.64. The highest BCUT2D eigenvalue weighted by Gasteiger charge is 2.25. The molecule has 0 aliphatic heterocycles. The predicted octanol–water partition coefficient (Wildman–Crippen LogP) is 4.80. The zero-order chi connectivity index (χ0) is 24.5. The van der Waals surface area contributed by atoms with E-state index >= 15 is 0 Å². The molecule has 2 heterocycles. The zero-order valence-electron chi connectivity index (χ0n) is 19.7. The Labute approximate surface area is 205 Å². The molecule has 0 spiro atoms. The molecule has 0 bridgehead atoms. The van der Waals surface area contributed by atoms with E-state index in [1.54, 1.807) is 20.8 Å². The topological polar surface area (TPSA) is 79.5 Å². The summed E-state index contributed by atoms with van der Waals surface area (Å²) in [5.74, 6) is -0.641. The van der Waals surface area contributed by atoms with E-state index in [0.29, 0.717) is 10.2 Å². The normalized spacial score (nSPS) is 13.0. The minimum absolute atomic E-state index is 0.0779. The lowest BCUT2D eigenvalue weighted by Gasteiger charge is -2.23. The fraction of sp³-hybridized carbons (Fsp3) is 0.458. The van der Waals surface area contributed by atoms with Crippen LogP contribution in [0.2, 0.25) is 0 Å². The van der Waals surface area contributed by atoms with Crippen molar-refractivity contribution in [3.05, 3.63) is 66.1 Å². The van der Waals surface area contributed by atoms with Gasteiger partial charge in [-0.3, -0.25) is 14.2 Å². The predicted molar refractivity (Wildman–Crippen MR) is 134 cm³/mol. The fourth-order valence-corrected chi connectivity index (χ4v) is 5.25. The number of carbonyl (C=O) groups is 1. The highest BCUT2D eigenvalue weighted by Crippen LogP contribution is 2.33. The summed E-state index contributed by atoms with van der Waals surface area (Å²) in [7, 11) is 0. The largest absolute Gasteiger partial charge is 0.459 e. The van der Waals surface area contributed by atoms with Gasteiger partial charge in [-0.2, -0.15) is 0 Å². The Morgan fingerprint density at radius 1 is 1.12 bits per heavy atom. The second-order valence-corrected chi connectivity index (χ2v) is 11.5. The molecule has 9 heteroatoms. The van der Waals surface area contributed by atoms with E-state index in [4.69, 9.17) is 9.47 Å². The van der Waals surface area contributed by atoms with E-state index in [9.17, 15) is 14.4 Å². The molecule has 0 amide bonds. The minimum atomic E-state index is -0.728. The van der Waals surface area contributed by atoms with E-state index in [1.165, 1.54) is 15.9 Å². The minimum Gasteiger partial charge on any atom is -0.459 e. The molecule has 0 N–H and O–H groups in total. The molecule has 1 unspecified atom stereocenters. The van der Waals surface area contributed by atoms with E-state index in [0.717, 1.165) is 19.5 Å². The van der Waals surface area contributed by atoms with Crippen molar-refractivity contribution in [2.45, 2.75) is 72.4 Å². The van der Waals surface area contributed by atoms with Crippen molar-refractivity contribution in [2.24, 2.45) is 0 Å². The van der Waals surface area contributed by atoms with Crippen LogP contribution in [0.3, 0.4) is 0 Å². The van der Waals surface area contributed by atoms with Crippen molar-refractivity contribution in [3.8, 4) is 0 Å². The number of ether oxygens (including phenoxy) is 2. The summed E-state index contributed by atoms with van der Waals surface area (Å²) in [6.45, 7) is 10.6. The number of esters is 1. The number of thiophene rings is 1. The third-order valence-corrected chi connectivity index (χ3v) is 7.08. The van der Waals surface area contributed by atoms with Crippen molar-refractivity contribution in [2.75, 3.05) is 0 Å². The van der Waals surface area contributed by atoms with Crippen LogP contribution in [0.4, 0.5) is 0 Å². The number of fused-ring (bicyclic) bond motifs is 1. The molecule has 7 nitrogen and oxygen atoms in total. The van der Waals surface area contributed by atoms with Crippen LogP contribution in [0.1, 0.15) is 51.8 Å². The quantitative estimate of drug-likeness (QED) is 0.405. The number of benzene rings is 1. The molecular weight excluding hydrogens is 508 g/mol. The van der Waals surface area contributed by atoms with Crippen LogP contribution in [0.25, 0.3) is 10.2 Å². The molecule has 3 rings (SSSR count). The van der Waals surface area contributed by atoms with Gasteiger partial charge in [0.25, 0.3) is 5.56 Å². The van der Waals surface area contributed by atoms with E-state index in [-0.39, 0.29) is 12.6 Å². The Kier molecular flexibility index (Phi) is 7.65. The number of halogens is 1. The molecule has 33 heavy (non-hydrogen) atoms. The molecule has 0 fully saturated rings. The maximum absolute atomic E-state index is 13.5. The van der Waals surface area contributed by atoms with Gasteiger partial charge in [-0.1, -0.05) is 30.3 Å². The monoisotopic (exact) mass is 536 g/mol. The molecule has 0 saturated carbocycles. The molecular formula is C24H29BrN2O5S. The van der Waals surface area contributed by atoms with E-state index in [1.807, 2.05) is 51.1 Å². The first kappa shape index (κ1) is 25.4. The molecule has 2 aromatic heterocycles. The number of hydrogen-bond acceptors (Lipinski definition) is 6. The molecule has 3 aromatic rings. The smallest absolute Gasteiger partial charge is 0.332 e. The zero-order valence-corrected chi connectivity index (χ0v) is 22.1. The van der Waals surface area contributed by atoms with Gasteiger partial charge in [0.15, 0.2) is 0 Å². The molecule has 0 aliphatic rings. The Morgan fingerprint density at radius 2 is 1.76 bits per heavy atom. The van der Waals surface area contributed by atoms with Gasteiger partial charge in [-0.05, 0) is 68.6 Å². The molecule has 178 valence electrons. The SMILES string of the molecule is Cc1c(Br)sc2c1c(=O)n(CC(=O)OC(C)(C)C)c(=O)n2CC(OC(C)C)c1ccccc1. The molecule has 0 aliphatic carbocycles. The van der Waals surface area contributed by atoms with Crippen LogP contribution in [-0.4, -0.2) is 26.8 Å². The maximum atomic E-state index is 13.5. The Balaban J connectivity index is 2.17. The summed E-state index contributed by atoms with van der Waals surface area (Å²) < 4.78 is 14.8. The number of hydrogen-bond donors (Lipinski definition) is 0. The average molecular weight is 537 g/mol. The van der Waals surface area contributed by atoms with Crippen LogP contribution in [-0.2, 0) is 27.4 Å². The number of aromatic nitrogens is 2. The highest BCUT2D eigenvalue weighted by molar-refractivity contribution is 9.11. The molecule has 0 saturated heterocycles. The van der Waals surface area contributed by atoms with Crippen LogP contribution < -0.4 is 11.2 Å². The third kappa shape index (κ3) is 5.83. The van der Waals surface area contributed by atoms with Gasteiger partial charge in [-0.25, -0.2) is 9.36 Å². The number of aryl methyl sites for hydroxylation is 1. The van der Waals surface area contributed by atoms with Crippen molar-refractivity contribution in [3.63, 3.8) is 0 Å². The first-order valence-electron chi connectivity index (χ1n) is 10.7.